The van der Waals surface area contributed by atoms with Crippen molar-refractivity contribution in [1.82, 2.24) is 0 Å². The van der Waals surface area contributed by atoms with E-state index in [1.165, 1.54) is 6.07 Å². The maximum absolute atomic E-state index is 13.7. The van der Waals surface area contributed by atoms with Gasteiger partial charge in [0.1, 0.15) is 18.2 Å². The van der Waals surface area contributed by atoms with E-state index in [-0.39, 0.29) is 11.9 Å². The topological polar surface area (TPSA) is 35.2 Å². The summed E-state index contributed by atoms with van der Waals surface area (Å²) >= 11 is 0. The molecule has 0 aromatic heterocycles. The lowest BCUT2D eigenvalue weighted by molar-refractivity contribution is 0.303. The van der Waals surface area contributed by atoms with E-state index in [0.29, 0.717) is 17.9 Å². The van der Waals surface area contributed by atoms with Gasteiger partial charge in [0.05, 0.1) is 0 Å². The first-order chi connectivity index (χ1) is 9.08. The van der Waals surface area contributed by atoms with Gasteiger partial charge in [-0.1, -0.05) is 30.3 Å². The molecule has 0 saturated carbocycles. The standard InChI is InChI=1S/C16H18FNO/c1-11-5-3-4-6-13(11)10-19-14-7-8-15(12(2)18)16(17)9-14/h3-9,12H,10,18H2,1-2H3/t12-/m0/s1. The highest BCUT2D eigenvalue weighted by atomic mass is 19.1. The molecule has 0 radical (unpaired) electrons. The van der Waals surface area contributed by atoms with Gasteiger partial charge >= 0.3 is 0 Å². The monoisotopic (exact) mass is 259 g/mol. The van der Waals surface area contributed by atoms with Crippen LogP contribution in [0.4, 0.5) is 4.39 Å². The van der Waals surface area contributed by atoms with E-state index in [2.05, 4.69) is 0 Å². The molecule has 1 atom stereocenters. The van der Waals surface area contributed by atoms with Crippen LogP contribution in [-0.2, 0) is 6.61 Å². The maximum atomic E-state index is 13.7. The fourth-order valence-electron chi connectivity index (χ4n) is 1.90. The van der Waals surface area contributed by atoms with E-state index < -0.39 is 0 Å². The summed E-state index contributed by atoms with van der Waals surface area (Å²) in [5.74, 6) is 0.197. The Morgan fingerprint density at radius 2 is 1.95 bits per heavy atom. The molecule has 0 unspecified atom stereocenters. The lowest BCUT2D eigenvalue weighted by atomic mass is 10.1. The van der Waals surface area contributed by atoms with E-state index in [0.717, 1.165) is 11.1 Å². The molecule has 0 heterocycles. The molecule has 2 N–H and O–H groups in total. The predicted octanol–water partition coefficient (Wildman–Crippen LogP) is 3.73. The number of aryl methyl sites for hydroxylation is 1. The number of ether oxygens (including phenoxy) is 1. The molecule has 0 aliphatic carbocycles. The van der Waals surface area contributed by atoms with E-state index in [1.807, 2.05) is 31.2 Å². The van der Waals surface area contributed by atoms with Crippen molar-refractivity contribution in [3.05, 3.63) is 65.0 Å². The number of hydrogen-bond acceptors (Lipinski definition) is 2. The molecule has 100 valence electrons. The molecule has 2 nitrogen and oxygen atoms in total. The molecule has 0 spiro atoms. The second kappa shape index (κ2) is 5.85. The van der Waals surface area contributed by atoms with Gasteiger partial charge in [0.2, 0.25) is 0 Å². The first-order valence-electron chi connectivity index (χ1n) is 6.30. The molecule has 0 bridgehead atoms. The zero-order valence-electron chi connectivity index (χ0n) is 11.2. The highest BCUT2D eigenvalue weighted by Crippen LogP contribution is 2.21. The molecule has 0 fully saturated rings. The van der Waals surface area contributed by atoms with E-state index in [1.54, 1.807) is 19.1 Å². The largest absolute Gasteiger partial charge is 0.489 e. The Hall–Kier alpha value is -1.87. The van der Waals surface area contributed by atoms with Crippen molar-refractivity contribution in [3.8, 4) is 5.75 Å². The lowest BCUT2D eigenvalue weighted by Crippen LogP contribution is -2.07. The van der Waals surface area contributed by atoms with Crippen molar-refractivity contribution in [2.45, 2.75) is 26.5 Å². The zero-order valence-corrected chi connectivity index (χ0v) is 11.2. The molecule has 2 aromatic carbocycles. The van der Waals surface area contributed by atoms with Crippen LogP contribution in [0.2, 0.25) is 0 Å². The molecule has 3 heteroatoms. The molecule has 0 amide bonds. The minimum absolute atomic E-state index is 0.314. The van der Waals surface area contributed by atoms with Crippen LogP contribution in [-0.4, -0.2) is 0 Å². The van der Waals surface area contributed by atoms with Gasteiger partial charge in [-0.3, -0.25) is 0 Å². The summed E-state index contributed by atoms with van der Waals surface area (Å²) in [5.41, 5.74) is 8.43. The van der Waals surface area contributed by atoms with Gasteiger partial charge in [-0.05, 0) is 31.0 Å². The predicted molar refractivity (Wildman–Crippen MR) is 74.5 cm³/mol. The molecule has 0 aliphatic heterocycles. The van der Waals surface area contributed by atoms with Crippen molar-refractivity contribution in [1.29, 1.82) is 0 Å². The van der Waals surface area contributed by atoms with Crippen molar-refractivity contribution >= 4 is 0 Å². The van der Waals surface area contributed by atoms with Crippen LogP contribution in [0.3, 0.4) is 0 Å². The van der Waals surface area contributed by atoms with Crippen molar-refractivity contribution in [2.24, 2.45) is 5.73 Å². The Balaban J connectivity index is 2.08. The fourth-order valence-corrected chi connectivity index (χ4v) is 1.90. The van der Waals surface area contributed by atoms with Crippen LogP contribution in [0.1, 0.15) is 29.7 Å². The smallest absolute Gasteiger partial charge is 0.131 e. The summed E-state index contributed by atoms with van der Waals surface area (Å²) in [6.45, 7) is 4.22. The summed E-state index contributed by atoms with van der Waals surface area (Å²) in [4.78, 5) is 0. The first-order valence-corrected chi connectivity index (χ1v) is 6.30. The van der Waals surface area contributed by atoms with Gasteiger partial charge in [-0.25, -0.2) is 4.39 Å². The number of nitrogens with two attached hydrogens (primary N) is 1. The summed E-state index contributed by atoms with van der Waals surface area (Å²) < 4.78 is 19.4. The lowest BCUT2D eigenvalue weighted by Gasteiger charge is -2.11. The van der Waals surface area contributed by atoms with E-state index >= 15 is 0 Å². The number of benzene rings is 2. The maximum Gasteiger partial charge on any atom is 0.131 e. The van der Waals surface area contributed by atoms with Crippen molar-refractivity contribution in [2.75, 3.05) is 0 Å². The SMILES string of the molecule is Cc1ccccc1COc1ccc([C@H](C)N)c(F)c1. The number of halogens is 1. The Morgan fingerprint density at radius 1 is 1.21 bits per heavy atom. The van der Waals surface area contributed by atoms with Crippen LogP contribution in [0.5, 0.6) is 5.75 Å². The van der Waals surface area contributed by atoms with E-state index in [4.69, 9.17) is 10.5 Å². The van der Waals surface area contributed by atoms with Gasteiger partial charge in [0.25, 0.3) is 0 Å². The highest BCUT2D eigenvalue weighted by molar-refractivity contribution is 5.31. The normalized spacial score (nSPS) is 12.2. The molecule has 2 rings (SSSR count). The number of hydrogen-bond donors (Lipinski definition) is 1. The Labute approximate surface area is 113 Å². The summed E-state index contributed by atoms with van der Waals surface area (Å²) in [5, 5.41) is 0. The van der Waals surface area contributed by atoms with E-state index in [9.17, 15) is 4.39 Å². The van der Waals surface area contributed by atoms with Crippen molar-refractivity contribution < 1.29 is 9.13 Å². The van der Waals surface area contributed by atoms with Crippen LogP contribution < -0.4 is 10.5 Å². The Kier molecular flexibility index (Phi) is 4.17. The third-order valence-electron chi connectivity index (χ3n) is 3.12. The summed E-state index contributed by atoms with van der Waals surface area (Å²) in [6.07, 6.45) is 0. The van der Waals surface area contributed by atoms with Gasteiger partial charge in [0, 0.05) is 17.7 Å². The van der Waals surface area contributed by atoms with Gasteiger partial charge in [-0.2, -0.15) is 0 Å². The van der Waals surface area contributed by atoms with Crippen LogP contribution in [0.25, 0.3) is 0 Å². The minimum Gasteiger partial charge on any atom is -0.489 e. The van der Waals surface area contributed by atoms with Crippen LogP contribution in [0.15, 0.2) is 42.5 Å². The average Bonchev–Trinajstić information content (AvgIpc) is 2.37. The molecular weight excluding hydrogens is 241 g/mol. The molecule has 2 aromatic rings. The molecule has 0 aliphatic rings. The third kappa shape index (κ3) is 3.32. The second-order valence-electron chi connectivity index (χ2n) is 4.69. The van der Waals surface area contributed by atoms with Crippen LogP contribution >= 0.6 is 0 Å². The van der Waals surface area contributed by atoms with Crippen LogP contribution in [0, 0.1) is 12.7 Å². The fraction of sp³-hybridized carbons (Fsp3) is 0.250. The van der Waals surface area contributed by atoms with Gasteiger partial charge < -0.3 is 10.5 Å². The number of rotatable bonds is 4. The van der Waals surface area contributed by atoms with Gasteiger partial charge in [0.15, 0.2) is 0 Å². The zero-order chi connectivity index (χ0) is 13.8. The van der Waals surface area contributed by atoms with Gasteiger partial charge in [-0.15, -0.1) is 0 Å². The quantitative estimate of drug-likeness (QED) is 0.908. The third-order valence-corrected chi connectivity index (χ3v) is 3.12. The molecule has 19 heavy (non-hydrogen) atoms. The Morgan fingerprint density at radius 3 is 2.58 bits per heavy atom. The average molecular weight is 259 g/mol. The highest BCUT2D eigenvalue weighted by Gasteiger charge is 2.08. The summed E-state index contributed by atoms with van der Waals surface area (Å²) in [7, 11) is 0. The second-order valence-corrected chi connectivity index (χ2v) is 4.69. The molecule has 0 saturated heterocycles. The summed E-state index contributed by atoms with van der Waals surface area (Å²) in [6, 6.07) is 12.5. The van der Waals surface area contributed by atoms with Crippen molar-refractivity contribution in [3.63, 3.8) is 0 Å². The first kappa shape index (κ1) is 13.6. The minimum atomic E-state index is -0.322. The molecular formula is C16H18FNO. The Bertz CT molecular complexity index is 566.